The first-order valence-corrected chi connectivity index (χ1v) is 8.70. The number of rotatable bonds is 5. The zero-order valence-electron chi connectivity index (χ0n) is 14.3. The molecule has 1 aromatic carbocycles. The van der Waals surface area contributed by atoms with Crippen LogP contribution in [0, 0.1) is 5.92 Å². The van der Waals surface area contributed by atoms with Crippen LogP contribution >= 0.6 is 0 Å². The number of imide groups is 1. The van der Waals surface area contributed by atoms with E-state index in [2.05, 4.69) is 10.0 Å². The van der Waals surface area contributed by atoms with Crippen molar-refractivity contribution in [1.29, 1.82) is 0 Å². The Morgan fingerprint density at radius 3 is 2.62 bits per heavy atom. The van der Waals surface area contributed by atoms with Crippen molar-refractivity contribution >= 4 is 17.8 Å². The molecule has 8 heteroatoms. The highest BCUT2D eigenvalue weighted by Gasteiger charge is 2.43. The van der Waals surface area contributed by atoms with E-state index in [1.54, 1.807) is 0 Å². The van der Waals surface area contributed by atoms with E-state index in [0.29, 0.717) is 32.1 Å². The van der Waals surface area contributed by atoms with Crippen molar-refractivity contribution in [2.45, 2.75) is 44.2 Å². The van der Waals surface area contributed by atoms with Crippen LogP contribution in [0.15, 0.2) is 35.4 Å². The Kier molecular flexibility index (Phi) is 5.53. The summed E-state index contributed by atoms with van der Waals surface area (Å²) >= 11 is 0. The number of Topliss-reactive ketones (excluding diaryl/α,β-unsaturated/α-hetero) is 1. The summed E-state index contributed by atoms with van der Waals surface area (Å²) in [5.41, 5.74) is 9.87. The highest BCUT2D eigenvalue weighted by atomic mass is 16.6. The number of azide groups is 1. The van der Waals surface area contributed by atoms with Gasteiger partial charge in [0, 0.05) is 17.8 Å². The van der Waals surface area contributed by atoms with Crippen molar-refractivity contribution in [2.24, 2.45) is 11.0 Å². The molecule has 1 aromatic rings. The van der Waals surface area contributed by atoms with Crippen LogP contribution in [0.4, 0.5) is 4.79 Å². The Balaban J connectivity index is 1.78. The summed E-state index contributed by atoms with van der Waals surface area (Å²) in [5, 5.41) is 3.66. The van der Waals surface area contributed by atoms with Crippen LogP contribution in [0.3, 0.4) is 0 Å². The Bertz CT molecular complexity index is 735. The number of ketones is 1. The summed E-state index contributed by atoms with van der Waals surface area (Å²) in [4.78, 5) is 40.5. The van der Waals surface area contributed by atoms with E-state index < -0.39 is 24.1 Å². The lowest BCUT2D eigenvalue weighted by atomic mass is 9.83. The van der Waals surface area contributed by atoms with Gasteiger partial charge in [-0.3, -0.25) is 9.59 Å². The van der Waals surface area contributed by atoms with E-state index in [0.717, 1.165) is 10.5 Å². The lowest BCUT2D eigenvalue weighted by Gasteiger charge is -2.29. The fraction of sp³-hybridized carbons (Fsp3) is 0.500. The number of carbonyl (C=O) groups is 3. The van der Waals surface area contributed by atoms with Crippen molar-refractivity contribution in [2.75, 3.05) is 6.61 Å². The maximum Gasteiger partial charge on any atom is 0.416 e. The van der Waals surface area contributed by atoms with Crippen LogP contribution in [0.5, 0.6) is 0 Å². The predicted octanol–water partition coefficient (Wildman–Crippen LogP) is 3.01. The van der Waals surface area contributed by atoms with Gasteiger partial charge in [-0.05, 0) is 36.3 Å². The molecule has 8 nitrogen and oxygen atoms in total. The summed E-state index contributed by atoms with van der Waals surface area (Å²) in [6.45, 7) is 0.117. The molecular weight excluding hydrogens is 336 g/mol. The van der Waals surface area contributed by atoms with Gasteiger partial charge in [-0.1, -0.05) is 35.4 Å². The summed E-state index contributed by atoms with van der Waals surface area (Å²) in [5.74, 6) is -0.622. The van der Waals surface area contributed by atoms with E-state index >= 15 is 0 Å². The minimum absolute atomic E-state index is 0.117. The average molecular weight is 356 g/mol. The molecule has 26 heavy (non-hydrogen) atoms. The van der Waals surface area contributed by atoms with Gasteiger partial charge < -0.3 is 4.74 Å². The monoisotopic (exact) mass is 356 g/mol. The second-order valence-corrected chi connectivity index (χ2v) is 6.65. The number of ether oxygens (including phenoxy) is 1. The summed E-state index contributed by atoms with van der Waals surface area (Å²) in [6.07, 6.45) is 1.48. The van der Waals surface area contributed by atoms with Gasteiger partial charge >= 0.3 is 6.09 Å². The van der Waals surface area contributed by atoms with Crippen molar-refractivity contribution in [3.05, 3.63) is 46.3 Å². The van der Waals surface area contributed by atoms with E-state index in [4.69, 9.17) is 10.3 Å². The molecule has 136 valence electrons. The average Bonchev–Trinajstić information content (AvgIpc) is 3.01. The lowest BCUT2D eigenvalue weighted by molar-refractivity contribution is -0.133. The molecule has 2 aliphatic rings. The first kappa shape index (κ1) is 17.9. The molecule has 0 aromatic heterocycles. The molecule has 1 aliphatic carbocycles. The summed E-state index contributed by atoms with van der Waals surface area (Å²) < 4.78 is 5.08. The van der Waals surface area contributed by atoms with Gasteiger partial charge in [0.15, 0.2) is 0 Å². The third-order valence-electron chi connectivity index (χ3n) is 4.98. The van der Waals surface area contributed by atoms with E-state index in [9.17, 15) is 14.4 Å². The predicted molar refractivity (Wildman–Crippen MR) is 92.0 cm³/mol. The largest absolute Gasteiger partial charge is 0.447 e. The molecule has 0 bridgehead atoms. The fourth-order valence-electron chi connectivity index (χ4n) is 3.59. The van der Waals surface area contributed by atoms with Crippen molar-refractivity contribution < 1.29 is 19.1 Å². The van der Waals surface area contributed by atoms with Crippen LogP contribution in [0.2, 0.25) is 0 Å². The smallest absolute Gasteiger partial charge is 0.416 e. The molecule has 0 N–H and O–H groups in total. The zero-order valence-corrected chi connectivity index (χ0v) is 14.3. The van der Waals surface area contributed by atoms with Crippen molar-refractivity contribution in [1.82, 2.24) is 4.90 Å². The van der Waals surface area contributed by atoms with Crippen molar-refractivity contribution in [3.63, 3.8) is 0 Å². The van der Waals surface area contributed by atoms with E-state index in [-0.39, 0.29) is 18.3 Å². The van der Waals surface area contributed by atoms with Crippen LogP contribution < -0.4 is 0 Å². The number of hydrogen-bond donors (Lipinski definition) is 0. The topological polar surface area (TPSA) is 112 Å². The highest BCUT2D eigenvalue weighted by Crippen LogP contribution is 2.29. The Hall–Kier alpha value is -2.86. The molecular formula is C18H20N4O4. The summed E-state index contributed by atoms with van der Waals surface area (Å²) in [6, 6.07) is 8.09. The summed E-state index contributed by atoms with van der Waals surface area (Å²) in [7, 11) is 0. The first-order chi connectivity index (χ1) is 12.6. The van der Waals surface area contributed by atoms with Gasteiger partial charge in [-0.25, -0.2) is 9.69 Å². The van der Waals surface area contributed by atoms with E-state index in [1.807, 2.05) is 30.3 Å². The Morgan fingerprint density at radius 1 is 1.27 bits per heavy atom. The number of nitrogens with zero attached hydrogens (tertiary/aromatic N) is 4. The van der Waals surface area contributed by atoms with E-state index in [1.165, 1.54) is 0 Å². The zero-order chi connectivity index (χ0) is 18.5. The van der Waals surface area contributed by atoms with Gasteiger partial charge in [0.05, 0.1) is 6.04 Å². The number of benzene rings is 1. The van der Waals surface area contributed by atoms with Gasteiger partial charge in [0.25, 0.3) is 0 Å². The Morgan fingerprint density at radius 2 is 1.96 bits per heavy atom. The molecule has 2 fully saturated rings. The molecule has 1 heterocycles. The normalized spacial score (nSPS) is 21.8. The van der Waals surface area contributed by atoms with Crippen LogP contribution in [-0.2, 0) is 20.7 Å². The molecule has 0 unspecified atom stereocenters. The van der Waals surface area contributed by atoms with Crippen molar-refractivity contribution in [3.8, 4) is 0 Å². The first-order valence-electron chi connectivity index (χ1n) is 8.70. The van der Waals surface area contributed by atoms with Gasteiger partial charge in [0.2, 0.25) is 5.91 Å². The molecule has 1 aliphatic heterocycles. The van der Waals surface area contributed by atoms with Gasteiger partial charge in [0.1, 0.15) is 18.4 Å². The molecule has 2 atom stereocenters. The standard InChI is InChI=1S/C18H20N4O4/c19-21-20-16(13-6-8-15(23)9-7-13)17(24)22-14(11-26-18(22)25)10-12-4-2-1-3-5-12/h1-5,13-14,16H,6-11H2/t14-,16-/m0/s1. The maximum absolute atomic E-state index is 13.0. The van der Waals surface area contributed by atoms with Gasteiger partial charge in [-0.15, -0.1) is 0 Å². The second kappa shape index (κ2) is 8.01. The molecule has 0 radical (unpaired) electrons. The third-order valence-corrected chi connectivity index (χ3v) is 4.98. The maximum atomic E-state index is 13.0. The van der Waals surface area contributed by atoms with Gasteiger partial charge in [-0.2, -0.15) is 0 Å². The SMILES string of the molecule is [N-]=[N+]=N[C@H](C(=O)N1C(=O)OC[C@@H]1Cc1ccccc1)C1CCC(=O)CC1. The third kappa shape index (κ3) is 3.86. The fourth-order valence-corrected chi connectivity index (χ4v) is 3.59. The number of hydrogen-bond acceptors (Lipinski definition) is 5. The highest BCUT2D eigenvalue weighted by molar-refractivity contribution is 5.97. The molecule has 0 spiro atoms. The molecule has 3 rings (SSSR count). The number of carbonyl (C=O) groups excluding carboxylic acids is 3. The molecule has 1 saturated heterocycles. The van der Waals surface area contributed by atoms with Crippen LogP contribution in [-0.4, -0.2) is 41.4 Å². The molecule has 2 amide bonds. The quantitative estimate of drug-likeness (QED) is 0.458. The lowest BCUT2D eigenvalue weighted by Crippen LogP contribution is -2.47. The Labute approximate surface area is 150 Å². The number of amides is 2. The molecule has 1 saturated carbocycles. The second-order valence-electron chi connectivity index (χ2n) is 6.65. The minimum atomic E-state index is -0.989. The number of cyclic esters (lactones) is 1. The minimum Gasteiger partial charge on any atom is -0.447 e. The van der Waals surface area contributed by atoms with Crippen LogP contribution in [0.1, 0.15) is 31.2 Å². The van der Waals surface area contributed by atoms with Crippen LogP contribution in [0.25, 0.3) is 10.4 Å².